The van der Waals surface area contributed by atoms with Gasteiger partial charge in [-0.25, -0.2) is 9.59 Å². The topological polar surface area (TPSA) is 148 Å². The van der Waals surface area contributed by atoms with Crippen LogP contribution in [-0.4, -0.2) is 58.2 Å². The summed E-state index contributed by atoms with van der Waals surface area (Å²) in [5.41, 5.74) is 0.890. The number of hydrogen-bond acceptors (Lipinski definition) is 8. The number of nitrogens with one attached hydrogen (secondary N) is 1. The first-order chi connectivity index (χ1) is 15.2. The van der Waals surface area contributed by atoms with Gasteiger partial charge in [0.2, 0.25) is 5.91 Å². The number of hydrogen-bond donors (Lipinski definition) is 2. The van der Waals surface area contributed by atoms with Crippen molar-refractivity contribution in [1.82, 2.24) is 10.2 Å². The highest BCUT2D eigenvalue weighted by Gasteiger charge is 2.60. The Morgan fingerprint density at radius 1 is 1.25 bits per heavy atom. The van der Waals surface area contributed by atoms with Crippen molar-refractivity contribution in [2.24, 2.45) is 11.8 Å². The van der Waals surface area contributed by atoms with Crippen molar-refractivity contribution in [3.8, 4) is 0 Å². The third-order valence-electron chi connectivity index (χ3n) is 5.71. The van der Waals surface area contributed by atoms with E-state index in [0.717, 1.165) is 0 Å². The lowest BCUT2D eigenvalue weighted by atomic mass is 9.78. The number of aliphatic hydroxyl groups excluding tert-OH is 1. The number of esters is 1. The SMILES string of the molecule is CCNC(=O)OCC1=C(C(=O)OCc2ccc([N+](=O)[O-])cc2)N2C(=O)[C@H]([C@@H](C)O)[C@H]2[C@H]1C. The van der Waals surface area contributed by atoms with Crippen molar-refractivity contribution in [2.75, 3.05) is 13.2 Å². The number of nitro benzene ring substituents is 1. The van der Waals surface area contributed by atoms with E-state index in [-0.39, 0.29) is 30.5 Å². The van der Waals surface area contributed by atoms with Crippen molar-refractivity contribution < 1.29 is 33.9 Å². The first-order valence-corrected chi connectivity index (χ1v) is 10.2. The second kappa shape index (κ2) is 9.35. The Balaban J connectivity index is 1.79. The van der Waals surface area contributed by atoms with Crippen molar-refractivity contribution in [3.63, 3.8) is 0 Å². The van der Waals surface area contributed by atoms with Gasteiger partial charge in [-0.15, -0.1) is 0 Å². The quantitative estimate of drug-likeness (QED) is 0.264. The second-order valence-electron chi connectivity index (χ2n) is 7.73. The number of fused-ring (bicyclic) bond motifs is 1. The van der Waals surface area contributed by atoms with Crippen LogP contribution in [0.25, 0.3) is 0 Å². The lowest BCUT2D eigenvalue weighted by Gasteiger charge is -2.46. The van der Waals surface area contributed by atoms with Crippen LogP contribution in [0, 0.1) is 22.0 Å². The number of carbonyl (C=O) groups is 3. The van der Waals surface area contributed by atoms with E-state index in [1.807, 2.05) is 0 Å². The summed E-state index contributed by atoms with van der Waals surface area (Å²) in [5.74, 6) is -2.16. The van der Waals surface area contributed by atoms with E-state index < -0.39 is 41.0 Å². The zero-order valence-corrected chi connectivity index (χ0v) is 17.9. The predicted molar refractivity (Wildman–Crippen MR) is 110 cm³/mol. The van der Waals surface area contributed by atoms with Crippen LogP contribution in [0.15, 0.2) is 35.5 Å². The van der Waals surface area contributed by atoms with Gasteiger partial charge in [0.25, 0.3) is 5.69 Å². The lowest BCUT2D eigenvalue weighted by Crippen LogP contribution is -2.63. The summed E-state index contributed by atoms with van der Waals surface area (Å²) in [6.07, 6.45) is -1.55. The number of rotatable bonds is 8. The Morgan fingerprint density at radius 2 is 1.91 bits per heavy atom. The minimum absolute atomic E-state index is 0.00982. The zero-order valence-electron chi connectivity index (χ0n) is 17.9. The van der Waals surface area contributed by atoms with Gasteiger partial charge < -0.3 is 24.8 Å². The molecule has 2 amide bonds. The van der Waals surface area contributed by atoms with E-state index in [0.29, 0.717) is 17.7 Å². The van der Waals surface area contributed by atoms with E-state index in [1.54, 1.807) is 13.8 Å². The van der Waals surface area contributed by atoms with E-state index in [2.05, 4.69) is 5.32 Å². The predicted octanol–water partition coefficient (Wildman–Crippen LogP) is 1.50. The van der Waals surface area contributed by atoms with E-state index in [9.17, 15) is 29.6 Å². The molecule has 0 spiro atoms. The van der Waals surface area contributed by atoms with Crippen LogP contribution in [0.4, 0.5) is 10.5 Å². The highest BCUT2D eigenvalue weighted by Crippen LogP contribution is 2.47. The largest absolute Gasteiger partial charge is 0.456 e. The minimum Gasteiger partial charge on any atom is -0.456 e. The number of alkyl carbamates (subject to hydrolysis) is 1. The monoisotopic (exact) mass is 447 g/mol. The molecule has 2 heterocycles. The van der Waals surface area contributed by atoms with Crippen molar-refractivity contribution in [3.05, 3.63) is 51.2 Å². The first kappa shape index (κ1) is 23.2. The molecule has 1 fully saturated rings. The third-order valence-corrected chi connectivity index (χ3v) is 5.71. The molecular formula is C21H25N3O8. The van der Waals surface area contributed by atoms with Gasteiger partial charge in [-0.3, -0.25) is 14.9 Å². The Kier molecular flexibility index (Phi) is 6.78. The molecule has 3 rings (SSSR count). The summed E-state index contributed by atoms with van der Waals surface area (Å²) in [6, 6.07) is 5.10. The number of carbonyl (C=O) groups excluding carboxylic acids is 3. The van der Waals surface area contributed by atoms with E-state index >= 15 is 0 Å². The summed E-state index contributed by atoms with van der Waals surface area (Å²) in [7, 11) is 0. The van der Waals surface area contributed by atoms with Crippen LogP contribution in [0.5, 0.6) is 0 Å². The van der Waals surface area contributed by atoms with Gasteiger partial charge in [-0.1, -0.05) is 6.92 Å². The maximum atomic E-state index is 12.9. The number of non-ortho nitro benzene ring substituents is 1. The van der Waals surface area contributed by atoms with Crippen molar-refractivity contribution >= 4 is 23.7 Å². The molecule has 0 unspecified atom stereocenters. The summed E-state index contributed by atoms with van der Waals surface area (Å²) >= 11 is 0. The molecule has 11 heteroatoms. The summed E-state index contributed by atoms with van der Waals surface area (Å²) in [4.78, 5) is 48.9. The average molecular weight is 447 g/mol. The molecule has 0 aromatic heterocycles. The van der Waals surface area contributed by atoms with E-state index in [1.165, 1.54) is 36.1 Å². The van der Waals surface area contributed by atoms with Crippen LogP contribution < -0.4 is 5.32 Å². The molecule has 1 aromatic carbocycles. The van der Waals surface area contributed by atoms with Crippen LogP contribution in [-0.2, 0) is 25.7 Å². The fourth-order valence-corrected chi connectivity index (χ4v) is 4.09. The highest BCUT2D eigenvalue weighted by molar-refractivity contribution is 6.00. The minimum atomic E-state index is -0.896. The molecule has 0 bridgehead atoms. The maximum absolute atomic E-state index is 12.9. The molecule has 0 radical (unpaired) electrons. The van der Waals surface area contributed by atoms with Crippen LogP contribution in [0.1, 0.15) is 26.3 Å². The molecule has 2 N–H and O–H groups in total. The molecule has 2 aliphatic heterocycles. The van der Waals surface area contributed by atoms with Crippen LogP contribution in [0.2, 0.25) is 0 Å². The number of benzene rings is 1. The van der Waals surface area contributed by atoms with Crippen LogP contribution in [0.3, 0.4) is 0 Å². The second-order valence-corrected chi connectivity index (χ2v) is 7.73. The molecule has 1 saturated heterocycles. The van der Waals surface area contributed by atoms with Gasteiger partial charge in [0, 0.05) is 30.2 Å². The van der Waals surface area contributed by atoms with Crippen LogP contribution >= 0.6 is 0 Å². The molecular weight excluding hydrogens is 422 g/mol. The summed E-state index contributed by atoms with van der Waals surface area (Å²) in [5, 5.41) is 23.3. The molecule has 0 aliphatic carbocycles. The highest BCUT2D eigenvalue weighted by atomic mass is 16.6. The molecule has 11 nitrogen and oxygen atoms in total. The number of ether oxygens (including phenoxy) is 2. The molecule has 2 aliphatic rings. The van der Waals surface area contributed by atoms with Crippen molar-refractivity contribution in [1.29, 1.82) is 0 Å². The molecule has 0 saturated carbocycles. The maximum Gasteiger partial charge on any atom is 0.407 e. The smallest absolute Gasteiger partial charge is 0.407 e. The Labute approximate surface area is 184 Å². The Morgan fingerprint density at radius 3 is 2.47 bits per heavy atom. The number of nitrogens with zero attached hydrogens (tertiary/aromatic N) is 2. The fraction of sp³-hybridized carbons (Fsp3) is 0.476. The van der Waals surface area contributed by atoms with Gasteiger partial charge in [0.15, 0.2) is 0 Å². The van der Waals surface area contributed by atoms with Gasteiger partial charge in [-0.2, -0.15) is 0 Å². The standard InChI is InChI=1S/C21H25N3O8/c1-4-22-21(28)32-10-15-11(2)17-16(12(3)25)19(26)23(17)18(15)20(27)31-9-13-5-7-14(8-6-13)24(29)30/h5-8,11-12,16-17,25H,4,9-10H2,1-3H3,(H,22,28)/t11-,12+,16+,17+/m0/s1. The van der Waals surface area contributed by atoms with Gasteiger partial charge in [0.1, 0.15) is 18.9 Å². The first-order valence-electron chi connectivity index (χ1n) is 10.2. The number of β-lactam (4-membered cyclic amide) rings is 1. The zero-order chi connectivity index (χ0) is 23.6. The lowest BCUT2D eigenvalue weighted by molar-refractivity contribution is -0.384. The summed E-state index contributed by atoms with van der Waals surface area (Å²) in [6.45, 7) is 5.05. The number of nitro groups is 1. The number of amides is 2. The molecule has 172 valence electrons. The Bertz CT molecular complexity index is 956. The summed E-state index contributed by atoms with van der Waals surface area (Å²) < 4.78 is 10.6. The van der Waals surface area contributed by atoms with Crippen molar-refractivity contribution in [2.45, 2.75) is 39.5 Å². The molecule has 1 aromatic rings. The number of aliphatic hydroxyl groups is 1. The normalized spacial score (nSPS) is 22.7. The Hall–Kier alpha value is -3.47. The van der Waals surface area contributed by atoms with Gasteiger partial charge in [-0.05, 0) is 31.5 Å². The average Bonchev–Trinajstić information content (AvgIpc) is 2.98. The molecule has 32 heavy (non-hydrogen) atoms. The van der Waals surface area contributed by atoms with Gasteiger partial charge in [0.05, 0.1) is 23.0 Å². The van der Waals surface area contributed by atoms with E-state index in [4.69, 9.17) is 9.47 Å². The third kappa shape index (κ3) is 4.28. The fourth-order valence-electron chi connectivity index (χ4n) is 4.09. The molecule has 4 atom stereocenters. The van der Waals surface area contributed by atoms with Gasteiger partial charge >= 0.3 is 12.1 Å².